The Bertz CT molecular complexity index is 1240. The quantitative estimate of drug-likeness (QED) is 0.576. The predicted molar refractivity (Wildman–Crippen MR) is 127 cm³/mol. The van der Waals surface area contributed by atoms with E-state index in [9.17, 15) is 9.59 Å². The van der Waals surface area contributed by atoms with Crippen LogP contribution in [0.2, 0.25) is 5.02 Å². The summed E-state index contributed by atoms with van der Waals surface area (Å²) >= 11 is 6.11. The maximum absolute atomic E-state index is 13.0. The number of ether oxygens (including phenoxy) is 3. The zero-order valence-corrected chi connectivity index (χ0v) is 19.5. The molecule has 2 saturated heterocycles. The van der Waals surface area contributed by atoms with E-state index in [1.54, 1.807) is 23.1 Å². The van der Waals surface area contributed by atoms with Crippen LogP contribution in [0.3, 0.4) is 0 Å². The lowest BCUT2D eigenvalue weighted by atomic mass is 9.93. The number of anilines is 2. The average molecular weight is 485 g/mol. The molecule has 2 aromatic carbocycles. The Morgan fingerprint density at radius 3 is 2.76 bits per heavy atom. The number of carbonyl (C=O) groups excluding carboxylic acids is 2. The van der Waals surface area contributed by atoms with Gasteiger partial charge in [-0.2, -0.15) is 0 Å². The van der Waals surface area contributed by atoms with Crippen molar-refractivity contribution in [2.24, 2.45) is 0 Å². The number of halogens is 1. The van der Waals surface area contributed by atoms with Crippen molar-refractivity contribution in [2.45, 2.75) is 25.4 Å². The lowest BCUT2D eigenvalue weighted by Gasteiger charge is -2.34. The smallest absolute Gasteiger partial charge is 0.412 e. The number of nitrogens with one attached hydrogen (secondary N) is 2. The van der Waals surface area contributed by atoms with Crippen LogP contribution in [-0.4, -0.2) is 54.9 Å². The van der Waals surface area contributed by atoms with Crippen LogP contribution in [0.25, 0.3) is 11.0 Å². The summed E-state index contributed by atoms with van der Waals surface area (Å²) in [7, 11) is 0. The van der Waals surface area contributed by atoms with Crippen molar-refractivity contribution < 1.29 is 23.8 Å². The Kier molecular flexibility index (Phi) is 6.16. The molecule has 2 N–H and O–H groups in total. The third-order valence-electron chi connectivity index (χ3n) is 6.18. The van der Waals surface area contributed by atoms with E-state index in [1.807, 2.05) is 25.1 Å². The van der Waals surface area contributed by atoms with Gasteiger partial charge >= 0.3 is 6.09 Å². The van der Waals surface area contributed by atoms with Crippen molar-refractivity contribution in [1.82, 2.24) is 9.97 Å². The molecule has 2 fully saturated rings. The number of hydrogen-bond acceptors (Lipinski definition) is 6. The first-order valence-corrected chi connectivity index (χ1v) is 11.5. The predicted octanol–water partition coefficient (Wildman–Crippen LogP) is 4.14. The van der Waals surface area contributed by atoms with Gasteiger partial charge in [0.1, 0.15) is 6.61 Å². The van der Waals surface area contributed by atoms with Crippen LogP contribution in [0.5, 0.6) is 0 Å². The molecule has 0 saturated carbocycles. The van der Waals surface area contributed by atoms with Crippen LogP contribution in [0.15, 0.2) is 36.4 Å². The fraction of sp³-hybridized carbons (Fsp3) is 0.375. The van der Waals surface area contributed by atoms with Gasteiger partial charge in [0.2, 0.25) is 0 Å². The van der Waals surface area contributed by atoms with Crippen molar-refractivity contribution in [3.05, 3.63) is 52.8 Å². The highest BCUT2D eigenvalue weighted by molar-refractivity contribution is 6.31. The highest BCUT2D eigenvalue weighted by Crippen LogP contribution is 2.36. The molecule has 2 aliphatic heterocycles. The van der Waals surface area contributed by atoms with Crippen LogP contribution in [-0.2, 0) is 24.6 Å². The maximum atomic E-state index is 13.0. The van der Waals surface area contributed by atoms with Crippen molar-refractivity contribution in [3.63, 3.8) is 0 Å². The number of aromatic nitrogens is 2. The molecule has 1 aromatic heterocycles. The standard InChI is InChI=1S/C24H25ClN4O5/c1-15-12-17(3-5-20(15)29-8-11-33-14-21(29)30)26-23(31)34-24(6-9-32-10-7-24)22-27-18-4-2-16(25)13-19(18)28-22/h2-5,12-13H,6-11,14H2,1H3,(H,26,31)(H,27,28). The Balaban J connectivity index is 1.35. The molecule has 0 atom stereocenters. The lowest BCUT2D eigenvalue weighted by Crippen LogP contribution is -2.42. The Labute approximate surface area is 201 Å². The second kappa shape index (κ2) is 9.25. The van der Waals surface area contributed by atoms with E-state index < -0.39 is 11.7 Å². The second-order valence-corrected chi connectivity index (χ2v) is 8.90. The monoisotopic (exact) mass is 484 g/mol. The molecule has 5 rings (SSSR count). The third-order valence-corrected chi connectivity index (χ3v) is 6.42. The summed E-state index contributed by atoms with van der Waals surface area (Å²) in [4.78, 5) is 34.8. The van der Waals surface area contributed by atoms with Gasteiger partial charge in [0.15, 0.2) is 11.4 Å². The molecule has 0 bridgehead atoms. The zero-order valence-electron chi connectivity index (χ0n) is 18.7. The molecule has 34 heavy (non-hydrogen) atoms. The van der Waals surface area contributed by atoms with Crippen molar-refractivity contribution in [1.29, 1.82) is 0 Å². The Morgan fingerprint density at radius 1 is 1.18 bits per heavy atom. The molecule has 2 aliphatic rings. The number of aryl methyl sites for hydroxylation is 1. The number of rotatable bonds is 4. The number of aromatic amines is 1. The first-order valence-electron chi connectivity index (χ1n) is 11.2. The van der Waals surface area contributed by atoms with Gasteiger partial charge < -0.3 is 24.1 Å². The summed E-state index contributed by atoms with van der Waals surface area (Å²) in [5, 5.41) is 3.41. The number of H-pyrrole nitrogens is 1. The number of amides is 2. The van der Waals surface area contributed by atoms with E-state index in [0.29, 0.717) is 55.7 Å². The molecule has 0 aliphatic carbocycles. The van der Waals surface area contributed by atoms with Gasteiger partial charge in [-0.15, -0.1) is 0 Å². The van der Waals surface area contributed by atoms with Crippen LogP contribution in [0.4, 0.5) is 16.2 Å². The first kappa shape index (κ1) is 22.6. The van der Waals surface area contributed by atoms with Gasteiger partial charge in [-0.3, -0.25) is 10.1 Å². The summed E-state index contributed by atoms with van der Waals surface area (Å²) in [5.74, 6) is 0.489. The average Bonchev–Trinajstić information content (AvgIpc) is 3.24. The van der Waals surface area contributed by atoms with Gasteiger partial charge in [-0.25, -0.2) is 9.78 Å². The molecular weight excluding hydrogens is 460 g/mol. The normalized spacial score (nSPS) is 18.2. The fourth-order valence-electron chi connectivity index (χ4n) is 4.42. The van der Waals surface area contributed by atoms with E-state index in [4.69, 9.17) is 25.8 Å². The summed E-state index contributed by atoms with van der Waals surface area (Å²) in [5.41, 5.74) is 2.82. The molecule has 3 aromatic rings. The first-order chi connectivity index (χ1) is 16.4. The van der Waals surface area contributed by atoms with Crippen molar-refractivity contribution in [3.8, 4) is 0 Å². The SMILES string of the molecule is Cc1cc(NC(=O)OC2(c3nc4ccc(Cl)cc4[nH]3)CCOCC2)ccc1N1CCOCC1=O. The topological polar surface area (TPSA) is 106 Å². The van der Waals surface area contributed by atoms with Gasteiger partial charge in [0.05, 0.1) is 30.9 Å². The maximum Gasteiger partial charge on any atom is 0.412 e. The molecule has 3 heterocycles. The van der Waals surface area contributed by atoms with E-state index >= 15 is 0 Å². The zero-order chi connectivity index (χ0) is 23.7. The summed E-state index contributed by atoms with van der Waals surface area (Å²) < 4.78 is 16.7. The number of hydrogen-bond donors (Lipinski definition) is 2. The molecule has 0 radical (unpaired) electrons. The molecular formula is C24H25ClN4O5. The highest BCUT2D eigenvalue weighted by atomic mass is 35.5. The minimum Gasteiger partial charge on any atom is -0.434 e. The minimum atomic E-state index is -0.941. The Morgan fingerprint density at radius 2 is 2.00 bits per heavy atom. The third kappa shape index (κ3) is 4.46. The van der Waals surface area contributed by atoms with Crippen molar-refractivity contribution in [2.75, 3.05) is 43.2 Å². The molecule has 0 unspecified atom stereocenters. The van der Waals surface area contributed by atoms with Gasteiger partial charge in [-0.05, 0) is 48.9 Å². The summed E-state index contributed by atoms with van der Waals surface area (Å²) in [6, 6.07) is 10.8. The van der Waals surface area contributed by atoms with Crippen LogP contribution >= 0.6 is 11.6 Å². The summed E-state index contributed by atoms with van der Waals surface area (Å²) in [6.07, 6.45) is 0.367. The van der Waals surface area contributed by atoms with E-state index in [2.05, 4.69) is 15.3 Å². The number of fused-ring (bicyclic) bond motifs is 1. The number of benzene rings is 2. The van der Waals surface area contributed by atoms with E-state index in [1.165, 1.54) is 0 Å². The molecule has 9 nitrogen and oxygen atoms in total. The number of carbonyl (C=O) groups is 2. The molecule has 0 spiro atoms. The van der Waals surface area contributed by atoms with Gasteiger partial charge in [-0.1, -0.05) is 11.6 Å². The highest BCUT2D eigenvalue weighted by Gasteiger charge is 2.41. The van der Waals surface area contributed by atoms with E-state index in [0.717, 1.165) is 22.3 Å². The van der Waals surface area contributed by atoms with E-state index in [-0.39, 0.29) is 12.5 Å². The largest absolute Gasteiger partial charge is 0.434 e. The lowest BCUT2D eigenvalue weighted by molar-refractivity contribution is -0.125. The Hall–Kier alpha value is -3.14. The molecule has 178 valence electrons. The van der Waals surface area contributed by atoms with Crippen LogP contribution < -0.4 is 10.2 Å². The molecule has 2 amide bonds. The number of imidazole rings is 1. The van der Waals surface area contributed by atoms with Crippen molar-refractivity contribution >= 4 is 46.0 Å². The van der Waals surface area contributed by atoms with Crippen LogP contribution in [0, 0.1) is 6.92 Å². The number of nitrogens with zero attached hydrogens (tertiary/aromatic N) is 2. The number of morpholine rings is 1. The van der Waals surface area contributed by atoms with Gasteiger partial charge in [0, 0.05) is 35.8 Å². The second-order valence-electron chi connectivity index (χ2n) is 8.47. The van der Waals surface area contributed by atoms with Crippen LogP contribution in [0.1, 0.15) is 24.2 Å². The van der Waals surface area contributed by atoms with Gasteiger partial charge in [0.25, 0.3) is 5.91 Å². The minimum absolute atomic E-state index is 0.0750. The fourth-order valence-corrected chi connectivity index (χ4v) is 4.59. The molecule has 10 heteroatoms. The summed E-state index contributed by atoms with van der Waals surface area (Å²) in [6.45, 7) is 3.87.